The Bertz CT molecular complexity index is 374. The summed E-state index contributed by atoms with van der Waals surface area (Å²) < 4.78 is 35.4. The molecule has 1 aromatic heterocycles. The van der Waals surface area contributed by atoms with Crippen LogP contribution in [0.5, 0.6) is 0 Å². The maximum atomic E-state index is 11.8. The van der Waals surface area contributed by atoms with E-state index >= 15 is 0 Å². The highest BCUT2D eigenvalue weighted by molar-refractivity contribution is 7.17. The summed E-state index contributed by atoms with van der Waals surface area (Å²) in [6.45, 7) is 0.151. The summed E-state index contributed by atoms with van der Waals surface area (Å²) in [5, 5.41) is 1.90. The van der Waals surface area contributed by atoms with Crippen LogP contribution in [0.25, 0.3) is 0 Å². The Labute approximate surface area is 87.3 Å². The van der Waals surface area contributed by atoms with E-state index in [0.717, 1.165) is 11.3 Å². The molecule has 0 aliphatic heterocycles. The van der Waals surface area contributed by atoms with Gasteiger partial charge in [0.1, 0.15) is 11.4 Å². The molecule has 0 radical (unpaired) electrons. The summed E-state index contributed by atoms with van der Waals surface area (Å²) in [6, 6.07) is 0. The number of carbonyl (C=O) groups excluding carboxylic acids is 1. The highest BCUT2D eigenvalue weighted by Gasteiger charge is 2.28. The lowest BCUT2D eigenvalue weighted by molar-refractivity contribution is -0.123. The smallest absolute Gasteiger partial charge is 0.375 e. The van der Waals surface area contributed by atoms with Crippen molar-refractivity contribution in [1.82, 2.24) is 10.3 Å². The van der Waals surface area contributed by atoms with E-state index in [4.69, 9.17) is 5.73 Å². The number of hydrogen-bond acceptors (Lipinski definition) is 4. The number of amides is 1. The van der Waals surface area contributed by atoms with Crippen LogP contribution in [0.15, 0.2) is 0 Å². The molecule has 8 heteroatoms. The van der Waals surface area contributed by atoms with Crippen molar-refractivity contribution in [2.45, 2.75) is 13.1 Å². The van der Waals surface area contributed by atoms with Crippen molar-refractivity contribution in [3.05, 3.63) is 10.6 Å². The minimum absolute atomic E-state index is 0.108. The van der Waals surface area contributed by atoms with E-state index in [-0.39, 0.29) is 10.0 Å². The number of rotatable bonds is 2. The van der Waals surface area contributed by atoms with Crippen LogP contribution in [0, 0.1) is 6.92 Å². The van der Waals surface area contributed by atoms with Crippen molar-refractivity contribution in [2.75, 3.05) is 12.3 Å². The lowest BCUT2D eigenvalue weighted by atomic mass is 10.4. The molecule has 0 aliphatic carbocycles. The molecule has 15 heavy (non-hydrogen) atoms. The van der Waals surface area contributed by atoms with Crippen LogP contribution in [0.2, 0.25) is 0 Å². The fourth-order valence-electron chi connectivity index (χ4n) is 0.889. The van der Waals surface area contributed by atoms with Gasteiger partial charge in [-0.3, -0.25) is 4.79 Å². The van der Waals surface area contributed by atoms with Crippen LogP contribution in [0.4, 0.5) is 18.3 Å². The number of carbonyl (C=O) groups is 1. The van der Waals surface area contributed by atoms with Gasteiger partial charge in [-0.25, -0.2) is 4.98 Å². The van der Waals surface area contributed by atoms with Gasteiger partial charge in [0.25, 0.3) is 5.91 Å². The minimum atomic E-state index is -4.42. The SMILES string of the molecule is Cc1nc(N)sc1C(=O)NCC(F)(F)F. The molecule has 1 rings (SSSR count). The number of hydrogen-bond donors (Lipinski definition) is 2. The van der Waals surface area contributed by atoms with Crippen LogP contribution in [-0.2, 0) is 0 Å². The average molecular weight is 239 g/mol. The summed E-state index contributed by atoms with van der Waals surface area (Å²) >= 11 is 0.860. The van der Waals surface area contributed by atoms with Crippen LogP contribution in [0.3, 0.4) is 0 Å². The van der Waals surface area contributed by atoms with E-state index in [2.05, 4.69) is 4.98 Å². The van der Waals surface area contributed by atoms with Crippen molar-refractivity contribution < 1.29 is 18.0 Å². The number of anilines is 1. The Kier molecular flexibility index (Phi) is 3.18. The summed E-state index contributed by atoms with van der Waals surface area (Å²) in [5.41, 5.74) is 5.64. The van der Waals surface area contributed by atoms with E-state index in [1.54, 1.807) is 5.32 Å². The number of aryl methyl sites for hydroxylation is 1. The van der Waals surface area contributed by atoms with E-state index in [9.17, 15) is 18.0 Å². The topological polar surface area (TPSA) is 68.0 Å². The zero-order valence-electron chi connectivity index (χ0n) is 7.68. The molecule has 1 aromatic rings. The first-order valence-corrected chi connectivity index (χ1v) is 4.69. The van der Waals surface area contributed by atoms with E-state index in [1.807, 2.05) is 0 Å². The fourth-order valence-corrected chi connectivity index (χ4v) is 1.64. The molecule has 1 amide bonds. The zero-order valence-corrected chi connectivity index (χ0v) is 8.50. The summed E-state index contributed by atoms with van der Waals surface area (Å²) in [4.78, 5) is 15.1. The molecule has 84 valence electrons. The van der Waals surface area contributed by atoms with Gasteiger partial charge < -0.3 is 11.1 Å². The molecule has 0 saturated heterocycles. The number of nitrogens with one attached hydrogen (secondary N) is 1. The molecule has 0 aromatic carbocycles. The summed E-state index contributed by atoms with van der Waals surface area (Å²) in [6.07, 6.45) is -4.42. The standard InChI is InChI=1S/C7H8F3N3OS/c1-3-4(15-6(11)13-3)5(14)12-2-7(8,9)10/h2H2,1H3,(H2,11,13)(H,12,14). The van der Waals surface area contributed by atoms with Crippen LogP contribution < -0.4 is 11.1 Å². The largest absolute Gasteiger partial charge is 0.405 e. The Morgan fingerprint density at radius 3 is 2.60 bits per heavy atom. The lowest BCUT2D eigenvalue weighted by Crippen LogP contribution is -2.33. The molecule has 4 nitrogen and oxygen atoms in total. The average Bonchev–Trinajstić information content (AvgIpc) is 2.40. The van der Waals surface area contributed by atoms with Gasteiger partial charge >= 0.3 is 6.18 Å². The van der Waals surface area contributed by atoms with Gasteiger partial charge in [-0.15, -0.1) is 0 Å². The molecule has 0 spiro atoms. The molecule has 0 fully saturated rings. The van der Waals surface area contributed by atoms with Crippen molar-refractivity contribution >= 4 is 22.4 Å². The van der Waals surface area contributed by atoms with Crippen LogP contribution >= 0.6 is 11.3 Å². The third-order valence-corrected chi connectivity index (χ3v) is 2.45. The molecule has 0 unspecified atom stereocenters. The third-order valence-electron chi connectivity index (χ3n) is 1.47. The molecule has 0 atom stereocenters. The zero-order chi connectivity index (χ0) is 11.6. The summed E-state index contributed by atoms with van der Waals surface area (Å²) in [7, 11) is 0. The lowest BCUT2D eigenvalue weighted by Gasteiger charge is -2.06. The first kappa shape index (κ1) is 11.8. The number of thiazole rings is 1. The van der Waals surface area contributed by atoms with E-state index < -0.39 is 18.6 Å². The number of alkyl halides is 3. The van der Waals surface area contributed by atoms with Crippen molar-refractivity contribution in [1.29, 1.82) is 0 Å². The van der Waals surface area contributed by atoms with E-state index in [1.165, 1.54) is 6.92 Å². The van der Waals surface area contributed by atoms with Crippen LogP contribution in [0.1, 0.15) is 15.4 Å². The quantitative estimate of drug-likeness (QED) is 0.818. The number of aromatic nitrogens is 1. The highest BCUT2D eigenvalue weighted by Crippen LogP contribution is 2.20. The van der Waals surface area contributed by atoms with Crippen molar-refractivity contribution in [3.63, 3.8) is 0 Å². The second kappa shape index (κ2) is 4.05. The monoisotopic (exact) mass is 239 g/mol. The number of halogens is 3. The molecule has 0 bridgehead atoms. The Balaban J connectivity index is 2.66. The van der Waals surface area contributed by atoms with Crippen LogP contribution in [-0.4, -0.2) is 23.6 Å². The van der Waals surface area contributed by atoms with Gasteiger partial charge in [0.2, 0.25) is 0 Å². The molecule has 3 N–H and O–H groups in total. The molecule has 0 aliphatic rings. The second-order valence-corrected chi connectivity index (χ2v) is 3.80. The minimum Gasteiger partial charge on any atom is -0.375 e. The molecule has 1 heterocycles. The fraction of sp³-hybridized carbons (Fsp3) is 0.429. The van der Waals surface area contributed by atoms with Gasteiger partial charge in [0.15, 0.2) is 5.13 Å². The van der Waals surface area contributed by atoms with Gasteiger partial charge in [-0.05, 0) is 6.92 Å². The number of nitrogens with zero attached hydrogens (tertiary/aromatic N) is 1. The Morgan fingerprint density at radius 1 is 1.60 bits per heavy atom. The van der Waals surface area contributed by atoms with Crippen molar-refractivity contribution in [2.24, 2.45) is 0 Å². The predicted octanol–water partition coefficient (Wildman–Crippen LogP) is 1.33. The molecular weight excluding hydrogens is 231 g/mol. The van der Waals surface area contributed by atoms with Gasteiger partial charge in [0, 0.05) is 0 Å². The molecule has 0 saturated carbocycles. The van der Waals surface area contributed by atoms with Crippen molar-refractivity contribution in [3.8, 4) is 0 Å². The maximum Gasteiger partial charge on any atom is 0.405 e. The molecular formula is C7H8F3N3OS. The maximum absolute atomic E-state index is 11.8. The number of nitrogen functional groups attached to an aromatic ring is 1. The predicted molar refractivity (Wildman–Crippen MR) is 49.7 cm³/mol. The summed E-state index contributed by atoms with van der Waals surface area (Å²) in [5.74, 6) is -0.806. The second-order valence-electron chi connectivity index (χ2n) is 2.76. The van der Waals surface area contributed by atoms with Gasteiger partial charge in [-0.2, -0.15) is 13.2 Å². The van der Waals surface area contributed by atoms with Gasteiger partial charge in [-0.1, -0.05) is 11.3 Å². The van der Waals surface area contributed by atoms with E-state index in [0.29, 0.717) is 5.69 Å². The van der Waals surface area contributed by atoms with Gasteiger partial charge in [0.05, 0.1) is 5.69 Å². The normalized spacial score (nSPS) is 11.5. The Hall–Kier alpha value is -1.31. The first-order chi connectivity index (χ1) is 6.79. The number of nitrogens with two attached hydrogens (primary N) is 1. The Morgan fingerprint density at radius 2 is 2.20 bits per heavy atom. The highest BCUT2D eigenvalue weighted by atomic mass is 32.1. The first-order valence-electron chi connectivity index (χ1n) is 3.87. The third kappa shape index (κ3) is 3.39.